The predicted molar refractivity (Wildman–Crippen MR) is 70.0 cm³/mol. The van der Waals surface area contributed by atoms with Crippen molar-refractivity contribution in [3.8, 4) is 5.75 Å². The fourth-order valence-electron chi connectivity index (χ4n) is 1.28. The van der Waals surface area contributed by atoms with Gasteiger partial charge in [0.1, 0.15) is 12.4 Å². The molecule has 0 aliphatic rings. The maximum atomic E-state index is 6.06. The normalized spacial score (nSPS) is 10.3. The lowest BCUT2D eigenvalue weighted by molar-refractivity contribution is 0.304. The maximum absolute atomic E-state index is 6.06. The van der Waals surface area contributed by atoms with Gasteiger partial charge >= 0.3 is 0 Å². The molecule has 17 heavy (non-hydrogen) atoms. The number of aromatic nitrogens is 2. The van der Waals surface area contributed by atoms with E-state index in [2.05, 4.69) is 15.5 Å². The van der Waals surface area contributed by atoms with Crippen LogP contribution in [0, 0.1) is 6.92 Å². The second-order valence-electron chi connectivity index (χ2n) is 3.47. The third kappa shape index (κ3) is 3.08. The first-order valence-corrected chi connectivity index (χ1v) is 6.27. The number of anilines is 1. The second-order valence-corrected chi connectivity index (χ2v) is 4.94. The zero-order chi connectivity index (χ0) is 12.3. The molecule has 2 aromatic rings. The number of halogens is 1. The van der Waals surface area contributed by atoms with Gasteiger partial charge in [-0.3, -0.25) is 0 Å². The van der Waals surface area contributed by atoms with Crippen LogP contribution >= 0.6 is 22.9 Å². The van der Waals surface area contributed by atoms with Crippen LogP contribution in [-0.2, 0) is 6.61 Å². The summed E-state index contributed by atoms with van der Waals surface area (Å²) < 4.78 is 5.58. The first-order chi connectivity index (χ1) is 8.19. The Morgan fingerprint density at radius 1 is 1.41 bits per heavy atom. The van der Waals surface area contributed by atoms with Crippen molar-refractivity contribution in [3.05, 3.63) is 33.8 Å². The van der Waals surface area contributed by atoms with Crippen LogP contribution in [0.2, 0.25) is 5.02 Å². The molecule has 90 valence electrons. The third-order valence-electron chi connectivity index (χ3n) is 2.12. The Balaban J connectivity index is 2.02. The van der Waals surface area contributed by atoms with Gasteiger partial charge in [-0.15, -0.1) is 10.2 Å². The Morgan fingerprint density at radius 3 is 2.88 bits per heavy atom. The number of rotatable bonds is 4. The molecule has 0 fully saturated rings. The SMILES string of the molecule is CNc1nnc(COc2ccc(C)cc2Cl)s1. The van der Waals surface area contributed by atoms with Crippen LogP contribution in [0.5, 0.6) is 5.75 Å². The Bertz CT molecular complexity index is 515. The van der Waals surface area contributed by atoms with Crippen LogP contribution in [0.4, 0.5) is 5.13 Å². The van der Waals surface area contributed by atoms with E-state index >= 15 is 0 Å². The smallest absolute Gasteiger partial charge is 0.205 e. The summed E-state index contributed by atoms with van der Waals surface area (Å²) in [5, 5.41) is 13.0. The van der Waals surface area contributed by atoms with Crippen LogP contribution in [0.1, 0.15) is 10.6 Å². The standard InChI is InChI=1S/C11H12ClN3OS/c1-7-3-4-9(8(12)5-7)16-6-10-14-15-11(13-2)17-10/h3-5H,6H2,1-2H3,(H,13,15). The van der Waals surface area contributed by atoms with E-state index in [4.69, 9.17) is 16.3 Å². The van der Waals surface area contributed by atoms with Gasteiger partial charge < -0.3 is 10.1 Å². The van der Waals surface area contributed by atoms with Gasteiger partial charge in [-0.25, -0.2) is 0 Å². The number of hydrogen-bond donors (Lipinski definition) is 1. The van der Waals surface area contributed by atoms with E-state index in [0.29, 0.717) is 17.4 Å². The summed E-state index contributed by atoms with van der Waals surface area (Å²) in [4.78, 5) is 0. The van der Waals surface area contributed by atoms with E-state index in [-0.39, 0.29) is 0 Å². The number of benzene rings is 1. The topological polar surface area (TPSA) is 47.0 Å². The Morgan fingerprint density at radius 2 is 2.24 bits per heavy atom. The van der Waals surface area contributed by atoms with Gasteiger partial charge in [-0.2, -0.15) is 0 Å². The van der Waals surface area contributed by atoms with Crippen LogP contribution in [0.25, 0.3) is 0 Å². The average molecular weight is 270 g/mol. The number of nitrogens with one attached hydrogen (secondary N) is 1. The zero-order valence-electron chi connectivity index (χ0n) is 9.53. The minimum absolute atomic E-state index is 0.377. The molecule has 2 rings (SSSR count). The lowest BCUT2D eigenvalue weighted by Gasteiger charge is -2.06. The molecule has 1 aromatic heterocycles. The van der Waals surface area contributed by atoms with Gasteiger partial charge in [-0.1, -0.05) is 29.0 Å². The fraction of sp³-hybridized carbons (Fsp3) is 0.273. The van der Waals surface area contributed by atoms with Gasteiger partial charge in [0.25, 0.3) is 0 Å². The van der Waals surface area contributed by atoms with Crippen molar-refractivity contribution >= 4 is 28.1 Å². The maximum Gasteiger partial charge on any atom is 0.205 e. The number of hydrogen-bond acceptors (Lipinski definition) is 5. The number of nitrogens with zero attached hydrogens (tertiary/aromatic N) is 2. The molecule has 6 heteroatoms. The Labute approximate surface area is 109 Å². The summed E-state index contributed by atoms with van der Waals surface area (Å²) in [7, 11) is 1.81. The summed E-state index contributed by atoms with van der Waals surface area (Å²) in [6.07, 6.45) is 0. The molecule has 0 bridgehead atoms. The van der Waals surface area contributed by atoms with Crippen LogP contribution < -0.4 is 10.1 Å². The van der Waals surface area contributed by atoms with E-state index in [1.54, 1.807) is 0 Å². The summed E-state index contributed by atoms with van der Waals surface area (Å²) in [6, 6.07) is 5.69. The molecular formula is C11H12ClN3OS. The number of ether oxygens (including phenoxy) is 1. The van der Waals surface area contributed by atoms with E-state index in [9.17, 15) is 0 Å². The second kappa shape index (κ2) is 5.33. The molecule has 0 spiro atoms. The fourth-order valence-corrected chi connectivity index (χ4v) is 2.17. The van der Waals surface area contributed by atoms with Crippen LogP contribution in [-0.4, -0.2) is 17.2 Å². The van der Waals surface area contributed by atoms with Gasteiger partial charge in [-0.05, 0) is 24.6 Å². The van der Waals surface area contributed by atoms with Crippen molar-refractivity contribution in [2.24, 2.45) is 0 Å². The van der Waals surface area contributed by atoms with E-state index < -0.39 is 0 Å². The molecule has 1 N–H and O–H groups in total. The van der Waals surface area contributed by atoms with E-state index in [0.717, 1.165) is 15.7 Å². The highest BCUT2D eigenvalue weighted by atomic mass is 35.5. The molecule has 0 atom stereocenters. The highest BCUT2D eigenvalue weighted by Gasteiger charge is 2.05. The molecule has 4 nitrogen and oxygen atoms in total. The van der Waals surface area contributed by atoms with Crippen molar-refractivity contribution < 1.29 is 4.74 Å². The molecule has 0 saturated heterocycles. The first kappa shape index (κ1) is 12.1. The molecule has 1 heterocycles. The summed E-state index contributed by atoms with van der Waals surface area (Å²) in [5.74, 6) is 0.665. The Hall–Kier alpha value is -1.33. The lowest BCUT2D eigenvalue weighted by atomic mass is 10.2. The highest BCUT2D eigenvalue weighted by molar-refractivity contribution is 7.15. The average Bonchev–Trinajstić information content (AvgIpc) is 2.76. The summed E-state index contributed by atoms with van der Waals surface area (Å²) in [5.41, 5.74) is 1.11. The molecule has 1 aromatic carbocycles. The van der Waals surface area contributed by atoms with Gasteiger partial charge in [0.05, 0.1) is 5.02 Å². The Kier molecular flexibility index (Phi) is 3.81. The minimum Gasteiger partial charge on any atom is -0.485 e. The summed E-state index contributed by atoms with van der Waals surface area (Å²) in [6.45, 7) is 2.36. The predicted octanol–water partition coefficient (Wildman–Crippen LogP) is 3.12. The van der Waals surface area contributed by atoms with E-state index in [1.165, 1.54) is 11.3 Å². The van der Waals surface area contributed by atoms with Crippen molar-refractivity contribution in [3.63, 3.8) is 0 Å². The third-order valence-corrected chi connectivity index (χ3v) is 3.33. The van der Waals surface area contributed by atoms with E-state index in [1.807, 2.05) is 32.2 Å². The zero-order valence-corrected chi connectivity index (χ0v) is 11.1. The quantitative estimate of drug-likeness (QED) is 0.926. The lowest BCUT2D eigenvalue weighted by Crippen LogP contribution is -1.95. The molecule has 0 aliphatic heterocycles. The number of aryl methyl sites for hydroxylation is 1. The van der Waals surface area contributed by atoms with Crippen molar-refractivity contribution in [1.82, 2.24) is 10.2 Å². The first-order valence-electron chi connectivity index (χ1n) is 5.08. The monoisotopic (exact) mass is 269 g/mol. The molecule has 0 amide bonds. The van der Waals surface area contributed by atoms with Crippen molar-refractivity contribution in [2.75, 3.05) is 12.4 Å². The minimum atomic E-state index is 0.377. The molecule has 0 unspecified atom stereocenters. The van der Waals surface area contributed by atoms with Crippen LogP contribution in [0.3, 0.4) is 0 Å². The molecule has 0 radical (unpaired) electrons. The summed E-state index contributed by atoms with van der Waals surface area (Å²) >= 11 is 7.52. The van der Waals surface area contributed by atoms with Crippen molar-refractivity contribution in [2.45, 2.75) is 13.5 Å². The van der Waals surface area contributed by atoms with Gasteiger partial charge in [0.15, 0.2) is 5.01 Å². The van der Waals surface area contributed by atoms with Crippen molar-refractivity contribution in [1.29, 1.82) is 0 Å². The molecule has 0 aliphatic carbocycles. The highest BCUT2D eigenvalue weighted by Crippen LogP contribution is 2.26. The molecule has 0 saturated carbocycles. The largest absolute Gasteiger partial charge is 0.485 e. The molecular weight excluding hydrogens is 258 g/mol. The van der Waals surface area contributed by atoms with Gasteiger partial charge in [0, 0.05) is 7.05 Å². The van der Waals surface area contributed by atoms with Gasteiger partial charge in [0.2, 0.25) is 5.13 Å². The van der Waals surface area contributed by atoms with Crippen LogP contribution in [0.15, 0.2) is 18.2 Å².